The summed E-state index contributed by atoms with van der Waals surface area (Å²) in [4.78, 5) is 26.8. The number of hydrogen-bond acceptors (Lipinski definition) is 5. The fourth-order valence-corrected chi connectivity index (χ4v) is 4.08. The van der Waals surface area contributed by atoms with E-state index in [0.717, 1.165) is 6.42 Å². The summed E-state index contributed by atoms with van der Waals surface area (Å²) in [6.45, 7) is 8.60. The Morgan fingerprint density at radius 1 is 1.39 bits per heavy atom. The van der Waals surface area contributed by atoms with Crippen LogP contribution in [-0.2, 0) is 4.79 Å². The van der Waals surface area contributed by atoms with Crippen molar-refractivity contribution in [1.82, 2.24) is 10.1 Å². The Morgan fingerprint density at radius 3 is 2.65 bits per heavy atom. The number of rotatable bonds is 1. The zero-order chi connectivity index (χ0) is 17.0. The van der Waals surface area contributed by atoms with Gasteiger partial charge in [-0.3, -0.25) is 9.59 Å². The molecule has 0 saturated carbocycles. The van der Waals surface area contributed by atoms with E-state index < -0.39 is 5.41 Å². The lowest BCUT2D eigenvalue weighted by molar-refractivity contribution is -0.125. The molecule has 1 saturated heterocycles. The third-order valence-electron chi connectivity index (χ3n) is 5.05. The molecule has 2 aliphatic rings. The van der Waals surface area contributed by atoms with Gasteiger partial charge in [0.25, 0.3) is 5.91 Å². The van der Waals surface area contributed by atoms with Crippen LogP contribution in [0.15, 0.2) is 16.3 Å². The van der Waals surface area contributed by atoms with Crippen molar-refractivity contribution in [2.45, 2.75) is 40.5 Å². The van der Waals surface area contributed by atoms with Crippen LogP contribution in [0.4, 0.5) is 0 Å². The molecule has 1 spiro atoms. The maximum absolute atomic E-state index is 12.8. The summed E-state index contributed by atoms with van der Waals surface area (Å²) in [5, 5.41) is 3.86. The Hall–Kier alpha value is -2.11. The average molecular weight is 317 g/mol. The first kappa shape index (κ1) is 15.8. The highest BCUT2D eigenvalue weighted by atomic mass is 16.5. The SMILES string of the molecule is Cc1noc(C)c1C(=O)N1CC[C@@]2(C=C(N)C(=O)C(C)(C)C2)C1. The van der Waals surface area contributed by atoms with Crippen molar-refractivity contribution in [3.05, 3.63) is 28.8 Å². The molecule has 1 aliphatic carbocycles. The molecule has 1 atom stereocenters. The quantitative estimate of drug-likeness (QED) is 0.855. The maximum Gasteiger partial charge on any atom is 0.259 e. The number of carbonyl (C=O) groups is 2. The standard InChI is InChI=1S/C17H23N3O3/c1-10-13(11(2)23-19-10)15(22)20-6-5-17(9-20)7-12(18)14(21)16(3,4)8-17/h7H,5-6,8-9,18H2,1-4H3/t17-/m0/s1. The molecular formula is C17H23N3O3. The van der Waals surface area contributed by atoms with Gasteiger partial charge in [-0.05, 0) is 32.8 Å². The molecule has 6 nitrogen and oxygen atoms in total. The van der Waals surface area contributed by atoms with Crippen LogP contribution < -0.4 is 5.73 Å². The number of likely N-dealkylation sites (tertiary alicyclic amines) is 1. The molecule has 124 valence electrons. The van der Waals surface area contributed by atoms with Crippen molar-refractivity contribution in [2.75, 3.05) is 13.1 Å². The lowest BCUT2D eigenvalue weighted by Crippen LogP contribution is -2.42. The Bertz CT molecular complexity index is 697. The van der Waals surface area contributed by atoms with Crippen LogP contribution in [0, 0.1) is 24.7 Å². The predicted molar refractivity (Wildman–Crippen MR) is 84.6 cm³/mol. The van der Waals surface area contributed by atoms with Crippen molar-refractivity contribution >= 4 is 11.7 Å². The van der Waals surface area contributed by atoms with E-state index in [1.54, 1.807) is 13.8 Å². The van der Waals surface area contributed by atoms with Gasteiger partial charge < -0.3 is 15.2 Å². The number of aromatic nitrogens is 1. The molecule has 6 heteroatoms. The lowest BCUT2D eigenvalue weighted by Gasteiger charge is -2.39. The Kier molecular flexibility index (Phi) is 3.39. The van der Waals surface area contributed by atoms with Gasteiger partial charge in [-0.25, -0.2) is 0 Å². The largest absolute Gasteiger partial charge is 0.396 e. The van der Waals surface area contributed by atoms with Crippen LogP contribution in [-0.4, -0.2) is 34.8 Å². The van der Waals surface area contributed by atoms with Gasteiger partial charge in [-0.2, -0.15) is 0 Å². The minimum absolute atomic E-state index is 0.00127. The number of ketones is 1. The first-order valence-corrected chi connectivity index (χ1v) is 7.90. The van der Waals surface area contributed by atoms with Gasteiger partial charge in [-0.1, -0.05) is 19.0 Å². The first-order valence-electron chi connectivity index (χ1n) is 7.90. The average Bonchev–Trinajstić information content (AvgIpc) is 3.00. The molecule has 1 fully saturated rings. The first-order chi connectivity index (χ1) is 10.7. The molecule has 0 bridgehead atoms. The maximum atomic E-state index is 12.8. The highest BCUT2D eigenvalue weighted by molar-refractivity contribution is 6.00. The molecule has 0 aromatic carbocycles. The van der Waals surface area contributed by atoms with Gasteiger partial charge in [0.05, 0.1) is 11.4 Å². The van der Waals surface area contributed by atoms with Gasteiger partial charge in [0.1, 0.15) is 11.3 Å². The highest BCUT2D eigenvalue weighted by Gasteiger charge is 2.48. The lowest BCUT2D eigenvalue weighted by atomic mass is 9.65. The van der Waals surface area contributed by atoms with Crippen LogP contribution in [0.3, 0.4) is 0 Å². The van der Waals surface area contributed by atoms with Crippen LogP contribution >= 0.6 is 0 Å². The fourth-order valence-electron chi connectivity index (χ4n) is 4.08. The van der Waals surface area contributed by atoms with Crippen LogP contribution in [0.1, 0.15) is 48.5 Å². The molecule has 3 rings (SSSR count). The molecule has 23 heavy (non-hydrogen) atoms. The molecule has 2 N–H and O–H groups in total. The molecule has 1 amide bonds. The Morgan fingerprint density at radius 2 is 2.09 bits per heavy atom. The minimum atomic E-state index is -0.485. The number of Topliss-reactive ketones (excluding diaryl/α,β-unsaturated/α-hetero) is 1. The number of nitrogens with two attached hydrogens (primary N) is 1. The van der Waals surface area contributed by atoms with Crippen molar-refractivity contribution in [3.8, 4) is 0 Å². The van der Waals surface area contributed by atoms with E-state index in [4.69, 9.17) is 10.3 Å². The van der Waals surface area contributed by atoms with Crippen LogP contribution in [0.5, 0.6) is 0 Å². The minimum Gasteiger partial charge on any atom is -0.396 e. The third kappa shape index (κ3) is 2.46. The second-order valence-corrected chi connectivity index (χ2v) is 7.53. The number of allylic oxidation sites excluding steroid dienone is 1. The smallest absolute Gasteiger partial charge is 0.259 e. The van der Waals surface area contributed by atoms with Gasteiger partial charge in [0.15, 0.2) is 5.78 Å². The number of carbonyl (C=O) groups excluding carboxylic acids is 2. The number of amides is 1. The van der Waals surface area contributed by atoms with Gasteiger partial charge in [0.2, 0.25) is 0 Å². The number of aryl methyl sites for hydroxylation is 2. The molecular weight excluding hydrogens is 294 g/mol. The summed E-state index contributed by atoms with van der Waals surface area (Å²) >= 11 is 0. The van der Waals surface area contributed by atoms with Gasteiger partial charge in [-0.15, -0.1) is 0 Å². The van der Waals surface area contributed by atoms with Gasteiger partial charge >= 0.3 is 0 Å². The molecule has 1 aliphatic heterocycles. The van der Waals surface area contributed by atoms with E-state index in [-0.39, 0.29) is 17.1 Å². The van der Waals surface area contributed by atoms with Crippen molar-refractivity contribution < 1.29 is 14.1 Å². The topological polar surface area (TPSA) is 89.4 Å². The predicted octanol–water partition coefficient (Wildman–Crippen LogP) is 1.97. The van der Waals surface area contributed by atoms with Crippen molar-refractivity contribution in [1.29, 1.82) is 0 Å². The van der Waals surface area contributed by atoms with Gasteiger partial charge in [0, 0.05) is 23.9 Å². The van der Waals surface area contributed by atoms with E-state index >= 15 is 0 Å². The normalized spacial score (nSPS) is 26.7. The van der Waals surface area contributed by atoms with Crippen LogP contribution in [0.25, 0.3) is 0 Å². The summed E-state index contributed by atoms with van der Waals surface area (Å²) in [6.07, 6.45) is 3.41. The monoisotopic (exact) mass is 317 g/mol. The molecule has 0 unspecified atom stereocenters. The van der Waals surface area contributed by atoms with E-state index in [9.17, 15) is 9.59 Å². The zero-order valence-corrected chi connectivity index (χ0v) is 14.1. The summed E-state index contributed by atoms with van der Waals surface area (Å²) in [5.74, 6) is 0.487. The van der Waals surface area contributed by atoms with Crippen molar-refractivity contribution in [2.24, 2.45) is 16.6 Å². The summed E-state index contributed by atoms with van der Waals surface area (Å²) < 4.78 is 5.10. The Balaban J connectivity index is 1.87. The van der Waals surface area contributed by atoms with Crippen LogP contribution in [0.2, 0.25) is 0 Å². The molecule has 2 heterocycles. The fraction of sp³-hybridized carbons (Fsp3) is 0.588. The third-order valence-corrected chi connectivity index (χ3v) is 5.05. The van der Waals surface area contributed by atoms with E-state index in [1.165, 1.54) is 0 Å². The van der Waals surface area contributed by atoms with E-state index in [0.29, 0.717) is 42.2 Å². The summed E-state index contributed by atoms with van der Waals surface area (Å²) in [7, 11) is 0. The Labute approximate surface area is 135 Å². The van der Waals surface area contributed by atoms with E-state index in [2.05, 4.69) is 5.16 Å². The zero-order valence-electron chi connectivity index (χ0n) is 14.1. The second-order valence-electron chi connectivity index (χ2n) is 7.53. The molecule has 1 aromatic rings. The van der Waals surface area contributed by atoms with Crippen molar-refractivity contribution in [3.63, 3.8) is 0 Å². The number of nitrogens with zero attached hydrogens (tertiary/aromatic N) is 2. The number of hydrogen-bond donors (Lipinski definition) is 1. The molecule has 0 radical (unpaired) electrons. The summed E-state index contributed by atoms with van der Waals surface area (Å²) in [5.41, 5.74) is 6.75. The second kappa shape index (κ2) is 4.94. The summed E-state index contributed by atoms with van der Waals surface area (Å²) in [6, 6.07) is 0. The molecule has 1 aromatic heterocycles. The highest BCUT2D eigenvalue weighted by Crippen LogP contribution is 2.47. The van der Waals surface area contributed by atoms with E-state index in [1.807, 2.05) is 24.8 Å².